The van der Waals surface area contributed by atoms with Gasteiger partial charge in [0.05, 0.1) is 31.6 Å². The van der Waals surface area contributed by atoms with E-state index in [-0.39, 0.29) is 36.3 Å². The molecule has 0 aromatic carbocycles. The highest BCUT2D eigenvalue weighted by Crippen LogP contribution is 2.40. The van der Waals surface area contributed by atoms with Gasteiger partial charge in [0.2, 0.25) is 5.88 Å². The summed E-state index contributed by atoms with van der Waals surface area (Å²) in [6, 6.07) is 0.0555. The third-order valence-corrected chi connectivity index (χ3v) is 5.76. The predicted octanol–water partition coefficient (Wildman–Crippen LogP) is 1.25. The Morgan fingerprint density at radius 1 is 1.38 bits per heavy atom. The molecular weight excluding hydrogens is 364 g/mol. The lowest BCUT2D eigenvalue weighted by molar-refractivity contribution is -0.181. The molecule has 2 fully saturated rings. The number of carboxylic acid groups (broad SMARTS) is 1. The minimum Gasteiger partial charge on any atom is -0.477 e. The van der Waals surface area contributed by atoms with E-state index < -0.39 is 21.6 Å². The van der Waals surface area contributed by atoms with Crippen molar-refractivity contribution in [3.63, 3.8) is 0 Å². The molecule has 146 valence electrons. The predicted molar refractivity (Wildman–Crippen MR) is 91.1 cm³/mol. The molecule has 1 aromatic heterocycles. The van der Waals surface area contributed by atoms with Crippen molar-refractivity contribution < 1.29 is 32.5 Å². The van der Waals surface area contributed by atoms with Crippen LogP contribution in [0.25, 0.3) is 0 Å². The Morgan fingerprint density at radius 2 is 2.04 bits per heavy atom. The fourth-order valence-corrected chi connectivity index (χ4v) is 4.04. The number of rotatable bonds is 7. The lowest BCUT2D eigenvalue weighted by Crippen LogP contribution is -2.35. The smallest absolute Gasteiger partial charge is 0.342 e. The van der Waals surface area contributed by atoms with Crippen LogP contribution in [0, 0.1) is 0 Å². The lowest BCUT2D eigenvalue weighted by Gasteiger charge is -2.35. The van der Waals surface area contributed by atoms with E-state index in [0.717, 1.165) is 31.9 Å². The molecule has 1 aliphatic carbocycles. The first kappa shape index (κ1) is 19.1. The van der Waals surface area contributed by atoms with Crippen LogP contribution in [-0.2, 0) is 19.3 Å². The maximum Gasteiger partial charge on any atom is 0.342 e. The normalized spacial score (nSPS) is 20.5. The van der Waals surface area contributed by atoms with Gasteiger partial charge in [0.1, 0.15) is 15.4 Å². The zero-order chi connectivity index (χ0) is 18.8. The topological polar surface area (TPSA) is 117 Å². The largest absolute Gasteiger partial charge is 0.477 e. The van der Waals surface area contributed by atoms with Crippen molar-refractivity contribution in [1.29, 1.82) is 0 Å². The van der Waals surface area contributed by atoms with E-state index in [1.807, 2.05) is 0 Å². The molecule has 9 nitrogen and oxygen atoms in total. The molecule has 1 N–H and O–H groups in total. The van der Waals surface area contributed by atoms with Gasteiger partial charge in [-0.2, -0.15) is 0 Å². The third kappa shape index (κ3) is 4.54. The highest BCUT2D eigenvalue weighted by atomic mass is 32.2. The second kappa shape index (κ2) is 7.53. The van der Waals surface area contributed by atoms with Crippen LogP contribution in [0.2, 0.25) is 0 Å². The number of nitrogens with zero attached hydrogens (tertiary/aromatic N) is 2. The summed E-state index contributed by atoms with van der Waals surface area (Å²) >= 11 is 0. The lowest BCUT2D eigenvalue weighted by atomic mass is 9.90. The maximum atomic E-state index is 11.4. The number of ether oxygens (including phenoxy) is 3. The van der Waals surface area contributed by atoms with Crippen LogP contribution in [0.5, 0.6) is 5.88 Å². The number of aromatic carboxylic acids is 1. The van der Waals surface area contributed by atoms with Crippen LogP contribution in [0.4, 0.5) is 0 Å². The third-order valence-electron chi connectivity index (χ3n) is 4.73. The fourth-order valence-electron chi connectivity index (χ4n) is 3.40. The van der Waals surface area contributed by atoms with Crippen LogP contribution >= 0.6 is 0 Å². The monoisotopic (exact) mass is 388 g/mol. The first-order valence-corrected chi connectivity index (χ1v) is 10.7. The zero-order valence-electron chi connectivity index (χ0n) is 14.7. The second-order valence-electron chi connectivity index (χ2n) is 6.80. The van der Waals surface area contributed by atoms with Crippen molar-refractivity contribution in [2.75, 3.05) is 31.8 Å². The van der Waals surface area contributed by atoms with Crippen LogP contribution in [0.3, 0.4) is 0 Å². The van der Waals surface area contributed by atoms with Gasteiger partial charge in [-0.15, -0.1) is 5.10 Å². The molecule has 0 radical (unpaired) electrons. The van der Waals surface area contributed by atoms with E-state index in [1.54, 1.807) is 4.68 Å². The summed E-state index contributed by atoms with van der Waals surface area (Å²) in [7, 11) is -3.07. The number of aromatic nitrogens is 2. The van der Waals surface area contributed by atoms with Gasteiger partial charge in [0.15, 0.2) is 5.79 Å². The Balaban J connectivity index is 1.62. The number of carbonyl (C=O) groups is 1. The average molecular weight is 388 g/mol. The van der Waals surface area contributed by atoms with Crippen molar-refractivity contribution in [2.24, 2.45) is 0 Å². The minimum absolute atomic E-state index is 0.0131. The van der Waals surface area contributed by atoms with E-state index in [0.29, 0.717) is 13.2 Å². The fraction of sp³-hybridized carbons (Fsp3) is 0.750. The summed E-state index contributed by atoms with van der Waals surface area (Å²) in [5.41, 5.74) is -0.0157. The molecule has 1 aliphatic heterocycles. The highest BCUT2D eigenvalue weighted by Gasteiger charge is 2.41. The summed E-state index contributed by atoms with van der Waals surface area (Å²) in [4.78, 5) is 11.4. The summed E-state index contributed by atoms with van der Waals surface area (Å²) < 4.78 is 40.8. The first-order chi connectivity index (χ1) is 12.3. The quantitative estimate of drug-likeness (QED) is 0.694. The van der Waals surface area contributed by atoms with Gasteiger partial charge >= 0.3 is 5.97 Å². The molecule has 0 bridgehead atoms. The highest BCUT2D eigenvalue weighted by molar-refractivity contribution is 7.90. The van der Waals surface area contributed by atoms with Gasteiger partial charge in [-0.25, -0.2) is 13.2 Å². The summed E-state index contributed by atoms with van der Waals surface area (Å²) in [5.74, 6) is -1.59. The van der Waals surface area contributed by atoms with E-state index in [1.165, 1.54) is 6.20 Å². The van der Waals surface area contributed by atoms with E-state index in [4.69, 9.17) is 14.2 Å². The average Bonchev–Trinajstić information content (AvgIpc) is 3.19. The van der Waals surface area contributed by atoms with Crippen molar-refractivity contribution in [1.82, 2.24) is 9.78 Å². The van der Waals surface area contributed by atoms with E-state index in [9.17, 15) is 18.3 Å². The molecule has 10 heteroatoms. The van der Waals surface area contributed by atoms with Gasteiger partial charge < -0.3 is 19.3 Å². The molecule has 1 aromatic rings. The molecule has 1 saturated carbocycles. The Bertz CT molecular complexity index is 743. The molecule has 1 saturated heterocycles. The van der Waals surface area contributed by atoms with Crippen LogP contribution in [0.1, 0.15) is 48.5 Å². The molecule has 3 rings (SSSR count). The Hall–Kier alpha value is -1.65. The first-order valence-electron chi connectivity index (χ1n) is 8.69. The van der Waals surface area contributed by atoms with Gasteiger partial charge in [-0.3, -0.25) is 4.68 Å². The molecule has 26 heavy (non-hydrogen) atoms. The van der Waals surface area contributed by atoms with Crippen LogP contribution < -0.4 is 4.74 Å². The minimum atomic E-state index is -3.07. The molecule has 2 heterocycles. The summed E-state index contributed by atoms with van der Waals surface area (Å²) in [6.07, 6.45) is 5.94. The SMILES string of the molecule is CS(=O)(=O)CCCOc1nn(C2CCC3(CC2)OCCO3)cc1C(=O)O. The molecule has 1 spiro atoms. The van der Waals surface area contributed by atoms with Gasteiger partial charge in [0, 0.05) is 25.3 Å². The van der Waals surface area contributed by atoms with Crippen molar-refractivity contribution >= 4 is 15.8 Å². The number of hydrogen-bond acceptors (Lipinski definition) is 7. The maximum absolute atomic E-state index is 11.4. The van der Waals surface area contributed by atoms with Gasteiger partial charge in [-0.1, -0.05) is 0 Å². The molecule has 0 amide bonds. The Morgan fingerprint density at radius 3 is 2.62 bits per heavy atom. The number of hydrogen-bond donors (Lipinski definition) is 1. The van der Waals surface area contributed by atoms with Crippen LogP contribution in [0.15, 0.2) is 6.20 Å². The van der Waals surface area contributed by atoms with Gasteiger partial charge in [-0.05, 0) is 19.3 Å². The van der Waals surface area contributed by atoms with E-state index >= 15 is 0 Å². The molecule has 0 atom stereocenters. The van der Waals surface area contributed by atoms with Crippen molar-refractivity contribution in [3.8, 4) is 5.88 Å². The zero-order valence-corrected chi connectivity index (χ0v) is 15.5. The number of sulfone groups is 1. The Labute approximate surface area is 152 Å². The standard InChI is InChI=1S/C16H24N2O7S/c1-26(21,22)10-2-7-23-14-13(15(19)20)11-18(17-14)12-3-5-16(6-4-12)24-8-9-25-16/h11-12H,2-10H2,1H3,(H,19,20). The van der Waals surface area contributed by atoms with Crippen molar-refractivity contribution in [3.05, 3.63) is 11.8 Å². The second-order valence-corrected chi connectivity index (χ2v) is 9.06. The Kier molecular flexibility index (Phi) is 5.54. The van der Waals surface area contributed by atoms with Crippen LogP contribution in [-0.4, -0.2) is 66.9 Å². The van der Waals surface area contributed by atoms with Gasteiger partial charge in [0.25, 0.3) is 0 Å². The molecular formula is C16H24N2O7S. The number of carboxylic acids is 1. The molecule has 2 aliphatic rings. The molecule has 0 unspecified atom stereocenters. The van der Waals surface area contributed by atoms with Crippen molar-refractivity contribution in [2.45, 2.75) is 43.9 Å². The van der Waals surface area contributed by atoms with E-state index in [2.05, 4.69) is 5.10 Å². The summed E-state index contributed by atoms with van der Waals surface area (Å²) in [6.45, 7) is 1.32. The summed E-state index contributed by atoms with van der Waals surface area (Å²) in [5, 5.41) is 13.6.